The molecule has 0 radical (unpaired) electrons. The normalized spacial score (nSPS) is 40.8. The zero-order valence-electron chi connectivity index (χ0n) is 19.2. The van der Waals surface area contributed by atoms with Gasteiger partial charge in [0, 0.05) is 30.4 Å². The van der Waals surface area contributed by atoms with Gasteiger partial charge in [-0.3, -0.25) is 0 Å². The Morgan fingerprint density at radius 3 is 2.43 bits per heavy atom. The quantitative estimate of drug-likeness (QED) is 0.445. The van der Waals surface area contributed by atoms with E-state index >= 15 is 0 Å². The van der Waals surface area contributed by atoms with E-state index in [4.69, 9.17) is 29.6 Å². The van der Waals surface area contributed by atoms with Crippen molar-refractivity contribution >= 4 is 28.8 Å². The van der Waals surface area contributed by atoms with E-state index in [9.17, 15) is 0 Å². The summed E-state index contributed by atoms with van der Waals surface area (Å²) in [7, 11) is 0. The minimum Gasteiger partial charge on any atom is -0.365 e. The van der Waals surface area contributed by atoms with E-state index in [1.807, 2.05) is 0 Å². The van der Waals surface area contributed by atoms with Crippen LogP contribution in [0.25, 0.3) is 0 Å². The molecule has 2 N–H and O–H groups in total. The standard InChI is InChI=1S/C26H39ClN2S/c1-23(2)18-29(11-10-21(23)28)22(30)25(4)13-19-12-24(3,17-27)15-26(14-19,16-25)20-8-6-5-7-9-20/h5-9,19,21H,10-18,28H2,1-4H3. The lowest BCUT2D eigenvalue weighted by molar-refractivity contribution is 0.00945. The average Bonchev–Trinajstić information content (AvgIpc) is 2.69. The second kappa shape index (κ2) is 7.74. The van der Waals surface area contributed by atoms with Gasteiger partial charge in [-0.25, -0.2) is 0 Å². The summed E-state index contributed by atoms with van der Waals surface area (Å²) in [4.78, 5) is 3.68. The van der Waals surface area contributed by atoms with Crippen molar-refractivity contribution in [1.29, 1.82) is 0 Å². The van der Waals surface area contributed by atoms with Crippen molar-refractivity contribution in [3.63, 3.8) is 0 Å². The predicted molar refractivity (Wildman–Crippen MR) is 132 cm³/mol. The highest BCUT2D eigenvalue weighted by atomic mass is 35.5. The summed E-state index contributed by atoms with van der Waals surface area (Å²) in [5.41, 5.74) is 8.46. The van der Waals surface area contributed by atoms with E-state index in [0.717, 1.165) is 31.8 Å². The van der Waals surface area contributed by atoms with Crippen LogP contribution in [0.1, 0.15) is 71.8 Å². The number of benzene rings is 1. The highest BCUT2D eigenvalue weighted by Gasteiger charge is 2.56. The SMILES string of the molecule is CC1(CCl)CC2CC(C)(C(=S)N3CCC(N)C(C)(C)C3)CC(c3ccccc3)(C2)C1. The van der Waals surface area contributed by atoms with Crippen molar-refractivity contribution in [2.45, 2.75) is 77.7 Å². The van der Waals surface area contributed by atoms with Crippen molar-refractivity contribution < 1.29 is 0 Å². The number of thiocarbonyl (C=S) groups is 1. The molecule has 4 heteroatoms. The Morgan fingerprint density at radius 1 is 1.10 bits per heavy atom. The largest absolute Gasteiger partial charge is 0.365 e. The summed E-state index contributed by atoms with van der Waals surface area (Å²) < 4.78 is 0. The van der Waals surface area contributed by atoms with Crippen LogP contribution < -0.4 is 5.73 Å². The smallest absolute Gasteiger partial charge is 0.0839 e. The summed E-state index contributed by atoms with van der Waals surface area (Å²) >= 11 is 12.8. The fraction of sp³-hybridized carbons (Fsp3) is 0.731. The molecule has 166 valence electrons. The van der Waals surface area contributed by atoms with Gasteiger partial charge in [-0.2, -0.15) is 0 Å². The molecule has 3 aliphatic rings. The van der Waals surface area contributed by atoms with E-state index in [1.54, 1.807) is 0 Å². The lowest BCUT2D eigenvalue weighted by Crippen LogP contribution is -2.59. The molecule has 2 bridgehead atoms. The summed E-state index contributed by atoms with van der Waals surface area (Å²) in [6.07, 6.45) is 7.02. The molecule has 2 saturated carbocycles. The van der Waals surface area contributed by atoms with Gasteiger partial charge >= 0.3 is 0 Å². The Hall–Kier alpha value is -0.640. The first kappa shape index (κ1) is 22.6. The maximum atomic E-state index is 6.54. The van der Waals surface area contributed by atoms with Gasteiger partial charge in [-0.15, -0.1) is 11.6 Å². The molecule has 1 aromatic carbocycles. The van der Waals surface area contributed by atoms with Gasteiger partial charge in [0.1, 0.15) is 0 Å². The van der Waals surface area contributed by atoms with Crippen molar-refractivity contribution in [3.05, 3.63) is 35.9 Å². The Labute approximate surface area is 193 Å². The van der Waals surface area contributed by atoms with E-state index in [2.05, 4.69) is 62.9 Å². The molecule has 2 aliphatic carbocycles. The Morgan fingerprint density at radius 2 is 1.80 bits per heavy atom. The number of fused-ring (bicyclic) bond motifs is 2. The molecule has 30 heavy (non-hydrogen) atoms. The second-order valence-corrected chi connectivity index (χ2v) is 12.7. The molecular formula is C26H39ClN2S. The van der Waals surface area contributed by atoms with Gasteiger partial charge < -0.3 is 10.6 Å². The Bertz CT molecular complexity index is 795. The van der Waals surface area contributed by atoms with E-state index < -0.39 is 0 Å². The monoisotopic (exact) mass is 446 g/mol. The van der Waals surface area contributed by atoms with Crippen LogP contribution in [0.3, 0.4) is 0 Å². The molecule has 0 aromatic heterocycles. The predicted octanol–water partition coefficient (Wildman–Crippen LogP) is 6.16. The van der Waals surface area contributed by atoms with Crippen molar-refractivity contribution in [3.8, 4) is 0 Å². The van der Waals surface area contributed by atoms with Crippen molar-refractivity contribution in [2.75, 3.05) is 19.0 Å². The third kappa shape index (κ3) is 3.95. The van der Waals surface area contributed by atoms with E-state index in [0.29, 0.717) is 5.92 Å². The molecular weight excluding hydrogens is 408 g/mol. The number of likely N-dealkylation sites (tertiary alicyclic amines) is 1. The topological polar surface area (TPSA) is 29.3 Å². The zero-order valence-corrected chi connectivity index (χ0v) is 20.8. The highest BCUT2D eigenvalue weighted by Crippen LogP contribution is 2.62. The van der Waals surface area contributed by atoms with Gasteiger partial charge in [0.05, 0.1) is 4.99 Å². The molecule has 0 spiro atoms. The second-order valence-electron chi connectivity index (χ2n) is 12.1. The maximum Gasteiger partial charge on any atom is 0.0839 e. The number of alkyl halides is 1. The van der Waals surface area contributed by atoms with Crippen molar-refractivity contribution in [2.24, 2.45) is 27.9 Å². The van der Waals surface area contributed by atoms with Crippen LogP contribution in [-0.4, -0.2) is 34.9 Å². The molecule has 5 atom stereocenters. The van der Waals surface area contributed by atoms with Crippen LogP contribution in [-0.2, 0) is 5.41 Å². The molecule has 1 saturated heterocycles. The number of hydrogen-bond donors (Lipinski definition) is 1. The zero-order chi connectivity index (χ0) is 21.8. The van der Waals surface area contributed by atoms with Crippen LogP contribution in [0, 0.1) is 22.2 Å². The highest BCUT2D eigenvalue weighted by molar-refractivity contribution is 7.80. The first-order valence-electron chi connectivity index (χ1n) is 11.7. The lowest BCUT2D eigenvalue weighted by Gasteiger charge is -2.59. The van der Waals surface area contributed by atoms with Gasteiger partial charge in [0.15, 0.2) is 0 Å². The molecule has 0 amide bonds. The molecule has 1 heterocycles. The van der Waals surface area contributed by atoms with E-state index in [1.165, 1.54) is 36.2 Å². The van der Waals surface area contributed by atoms with Gasteiger partial charge in [-0.1, -0.05) is 70.2 Å². The van der Waals surface area contributed by atoms with Crippen molar-refractivity contribution in [1.82, 2.24) is 4.90 Å². The first-order valence-corrected chi connectivity index (χ1v) is 12.6. The molecule has 1 aromatic rings. The molecule has 4 rings (SSSR count). The van der Waals surface area contributed by atoms with Gasteiger partial charge in [0.25, 0.3) is 0 Å². The summed E-state index contributed by atoms with van der Waals surface area (Å²) in [5, 5.41) is 0. The molecule has 1 aliphatic heterocycles. The average molecular weight is 447 g/mol. The third-order valence-corrected chi connectivity index (χ3v) is 9.91. The van der Waals surface area contributed by atoms with Crippen LogP contribution in [0.4, 0.5) is 0 Å². The number of rotatable bonds is 3. The van der Waals surface area contributed by atoms with Gasteiger partial charge in [0.2, 0.25) is 0 Å². The first-order chi connectivity index (χ1) is 14.0. The Balaban J connectivity index is 1.67. The van der Waals surface area contributed by atoms with E-state index in [-0.39, 0.29) is 27.7 Å². The third-order valence-electron chi connectivity index (χ3n) is 8.52. The van der Waals surface area contributed by atoms with Crippen LogP contribution in [0.5, 0.6) is 0 Å². The molecule has 5 unspecified atom stereocenters. The fourth-order valence-corrected chi connectivity index (χ4v) is 7.84. The minimum absolute atomic E-state index is 0.0548. The molecule has 3 fully saturated rings. The fourth-order valence-electron chi connectivity index (χ4n) is 7.33. The minimum atomic E-state index is 0.0548. The number of halogens is 1. The van der Waals surface area contributed by atoms with Gasteiger partial charge in [-0.05, 0) is 66.3 Å². The summed E-state index contributed by atoms with van der Waals surface area (Å²) in [6, 6.07) is 11.5. The maximum absolute atomic E-state index is 6.54. The summed E-state index contributed by atoms with van der Waals surface area (Å²) in [6.45, 7) is 11.4. The number of piperidine rings is 1. The number of hydrogen-bond acceptors (Lipinski definition) is 2. The number of nitrogens with two attached hydrogens (primary N) is 1. The number of nitrogens with zero attached hydrogens (tertiary/aromatic N) is 1. The lowest BCUT2D eigenvalue weighted by atomic mass is 9.47. The van der Waals surface area contributed by atoms with Crippen LogP contribution in [0.15, 0.2) is 30.3 Å². The molecule has 2 nitrogen and oxygen atoms in total. The van der Waals surface area contributed by atoms with Crippen LogP contribution in [0.2, 0.25) is 0 Å². The Kier molecular flexibility index (Phi) is 5.82. The van der Waals surface area contributed by atoms with Crippen LogP contribution >= 0.6 is 23.8 Å². The summed E-state index contributed by atoms with van der Waals surface area (Å²) in [5.74, 6) is 1.43.